The molecule has 1 aliphatic rings. The van der Waals surface area contributed by atoms with E-state index in [0.29, 0.717) is 0 Å². The maximum atomic E-state index is 11.0. The van der Waals surface area contributed by atoms with E-state index in [4.69, 9.17) is 5.11 Å². The van der Waals surface area contributed by atoms with E-state index in [0.717, 1.165) is 0 Å². The molecule has 0 saturated carbocycles. The number of carbonyl (C=O) groups is 1. The number of nitrogens with zero attached hydrogens (tertiary/aromatic N) is 4. The van der Waals surface area contributed by atoms with Gasteiger partial charge in [-0.15, -0.1) is 5.11 Å². The van der Waals surface area contributed by atoms with Gasteiger partial charge in [0.25, 0.3) is 5.66 Å². The number of azo groups is 1. The molecule has 1 aliphatic heterocycles. The number of carboxylic acid groups (broad SMARTS) is 1. The number of aromatic nitrogens is 2. The van der Waals surface area contributed by atoms with Crippen LogP contribution in [0.4, 0.5) is 0 Å². The van der Waals surface area contributed by atoms with Crippen LogP contribution in [-0.2, 0) is 10.5 Å². The van der Waals surface area contributed by atoms with Gasteiger partial charge < -0.3 is 5.11 Å². The highest BCUT2D eigenvalue weighted by atomic mass is 16.4. The molecule has 2 heterocycles. The molecular formula is C7H6N4O2. The van der Waals surface area contributed by atoms with Crippen LogP contribution in [0.3, 0.4) is 0 Å². The van der Waals surface area contributed by atoms with Gasteiger partial charge in [-0.2, -0.15) is 10.2 Å². The van der Waals surface area contributed by atoms with Gasteiger partial charge in [0.15, 0.2) is 0 Å². The van der Waals surface area contributed by atoms with Gasteiger partial charge in [-0.3, -0.25) is 0 Å². The Labute approximate surface area is 73.2 Å². The van der Waals surface area contributed by atoms with Crippen LogP contribution in [-0.4, -0.2) is 20.9 Å². The Morgan fingerprint density at radius 2 is 2.38 bits per heavy atom. The fraction of sp³-hybridized carbons (Fsp3) is 0.143. The number of hydrogen-bond donors (Lipinski definition) is 1. The lowest BCUT2D eigenvalue weighted by molar-refractivity contribution is -0.145. The summed E-state index contributed by atoms with van der Waals surface area (Å²) in [6, 6.07) is 1.63. The van der Waals surface area contributed by atoms with Crippen LogP contribution in [0.2, 0.25) is 0 Å². The summed E-state index contributed by atoms with van der Waals surface area (Å²) >= 11 is 0. The van der Waals surface area contributed by atoms with Crippen molar-refractivity contribution in [3.63, 3.8) is 0 Å². The molecule has 0 saturated heterocycles. The minimum absolute atomic E-state index is 1.10. The lowest BCUT2D eigenvalue weighted by atomic mass is 10.2. The third-order valence-electron chi connectivity index (χ3n) is 1.75. The summed E-state index contributed by atoms with van der Waals surface area (Å²) in [4.78, 5) is 11.0. The minimum atomic E-state index is -1.48. The summed E-state index contributed by atoms with van der Waals surface area (Å²) in [6.07, 6.45) is 5.74. The summed E-state index contributed by atoms with van der Waals surface area (Å²) in [5.74, 6) is -1.10. The number of rotatable bonds is 2. The molecule has 0 fully saturated rings. The first-order valence-corrected chi connectivity index (χ1v) is 3.59. The molecule has 1 aromatic rings. The smallest absolute Gasteiger partial charge is 0.360 e. The van der Waals surface area contributed by atoms with E-state index in [2.05, 4.69) is 15.3 Å². The molecule has 66 valence electrons. The van der Waals surface area contributed by atoms with Crippen molar-refractivity contribution in [1.82, 2.24) is 9.78 Å². The van der Waals surface area contributed by atoms with E-state index >= 15 is 0 Å². The number of aliphatic carboxylic acids is 1. The van der Waals surface area contributed by atoms with Crippen LogP contribution in [0.1, 0.15) is 0 Å². The largest absolute Gasteiger partial charge is 0.478 e. The summed E-state index contributed by atoms with van der Waals surface area (Å²) < 4.78 is 1.24. The van der Waals surface area contributed by atoms with Crippen LogP contribution >= 0.6 is 0 Å². The maximum absolute atomic E-state index is 11.0. The number of carboxylic acids is 1. The first-order valence-electron chi connectivity index (χ1n) is 3.59. The van der Waals surface area contributed by atoms with Gasteiger partial charge in [-0.1, -0.05) is 0 Å². The molecule has 0 amide bonds. The summed E-state index contributed by atoms with van der Waals surface area (Å²) in [5.41, 5.74) is -1.48. The van der Waals surface area contributed by atoms with E-state index in [1.807, 2.05) is 0 Å². The van der Waals surface area contributed by atoms with Crippen LogP contribution < -0.4 is 0 Å². The van der Waals surface area contributed by atoms with E-state index < -0.39 is 11.6 Å². The standard InChI is InChI=1S/C7H6N4O2/c12-6(13)7(2-4-8-10-7)11-5-1-3-9-11/h1-5H,(H,12,13). The summed E-state index contributed by atoms with van der Waals surface area (Å²) in [7, 11) is 0. The van der Waals surface area contributed by atoms with Crippen molar-refractivity contribution in [1.29, 1.82) is 0 Å². The van der Waals surface area contributed by atoms with Crippen LogP contribution in [0.15, 0.2) is 41.0 Å². The van der Waals surface area contributed by atoms with E-state index in [9.17, 15) is 4.79 Å². The van der Waals surface area contributed by atoms with Crippen molar-refractivity contribution in [2.45, 2.75) is 5.66 Å². The Kier molecular flexibility index (Phi) is 1.48. The Balaban J connectivity index is 2.53. The van der Waals surface area contributed by atoms with Gasteiger partial charge in [-0.05, 0) is 12.1 Å². The molecular weight excluding hydrogens is 172 g/mol. The molecule has 1 N–H and O–H groups in total. The molecule has 0 spiro atoms. The normalized spacial score (nSPS) is 25.2. The van der Waals surface area contributed by atoms with Gasteiger partial charge in [0.2, 0.25) is 0 Å². The van der Waals surface area contributed by atoms with Crippen LogP contribution in [0, 0.1) is 0 Å². The maximum Gasteiger partial charge on any atom is 0.360 e. The summed E-state index contributed by atoms with van der Waals surface area (Å²) in [6.45, 7) is 0. The topological polar surface area (TPSA) is 79.8 Å². The molecule has 2 rings (SSSR count). The molecule has 1 atom stereocenters. The lowest BCUT2D eigenvalue weighted by Gasteiger charge is -2.16. The van der Waals surface area contributed by atoms with Gasteiger partial charge in [0.05, 0.1) is 6.20 Å². The van der Waals surface area contributed by atoms with Crippen molar-refractivity contribution < 1.29 is 9.90 Å². The first-order chi connectivity index (χ1) is 6.26. The average Bonchev–Trinajstić information content (AvgIpc) is 2.75. The highest BCUT2D eigenvalue weighted by Gasteiger charge is 2.41. The fourth-order valence-corrected chi connectivity index (χ4v) is 1.10. The van der Waals surface area contributed by atoms with Crippen molar-refractivity contribution in [2.75, 3.05) is 0 Å². The molecule has 0 bridgehead atoms. The summed E-state index contributed by atoms with van der Waals surface area (Å²) in [5, 5.41) is 19.9. The Bertz CT molecular complexity index is 367. The SMILES string of the molecule is O=C(O)C1(n2cccn2)C=CN=N1. The predicted octanol–water partition coefficient (Wildman–Crippen LogP) is 0.600. The number of hydrogen-bond acceptors (Lipinski definition) is 4. The van der Waals surface area contributed by atoms with Gasteiger partial charge in [-0.25, -0.2) is 9.48 Å². The van der Waals surface area contributed by atoms with Crippen molar-refractivity contribution >= 4 is 5.97 Å². The third kappa shape index (κ3) is 0.952. The zero-order chi connectivity index (χ0) is 9.31. The molecule has 0 aromatic carbocycles. The second-order valence-corrected chi connectivity index (χ2v) is 2.51. The lowest BCUT2D eigenvalue weighted by Crippen LogP contribution is -2.37. The third-order valence-corrected chi connectivity index (χ3v) is 1.75. The van der Waals surface area contributed by atoms with Gasteiger partial charge >= 0.3 is 5.97 Å². The van der Waals surface area contributed by atoms with E-state index in [1.54, 1.807) is 6.07 Å². The van der Waals surface area contributed by atoms with Crippen molar-refractivity contribution in [2.24, 2.45) is 10.2 Å². The Morgan fingerprint density at radius 1 is 1.54 bits per heavy atom. The Morgan fingerprint density at radius 3 is 2.85 bits per heavy atom. The molecule has 6 nitrogen and oxygen atoms in total. The van der Waals surface area contributed by atoms with E-state index in [1.165, 1.54) is 29.4 Å². The fourth-order valence-electron chi connectivity index (χ4n) is 1.10. The zero-order valence-corrected chi connectivity index (χ0v) is 6.53. The molecule has 0 aliphatic carbocycles. The van der Waals surface area contributed by atoms with Gasteiger partial charge in [0, 0.05) is 12.4 Å². The highest BCUT2D eigenvalue weighted by molar-refractivity contribution is 5.79. The van der Waals surface area contributed by atoms with Crippen molar-refractivity contribution in [3.05, 3.63) is 30.7 Å². The first kappa shape index (κ1) is 7.66. The van der Waals surface area contributed by atoms with Gasteiger partial charge in [0.1, 0.15) is 0 Å². The second kappa shape index (κ2) is 2.51. The molecule has 1 aromatic heterocycles. The highest BCUT2D eigenvalue weighted by Crippen LogP contribution is 2.24. The Hall–Kier alpha value is -1.98. The monoisotopic (exact) mass is 178 g/mol. The second-order valence-electron chi connectivity index (χ2n) is 2.51. The van der Waals surface area contributed by atoms with E-state index in [-0.39, 0.29) is 0 Å². The zero-order valence-electron chi connectivity index (χ0n) is 6.53. The van der Waals surface area contributed by atoms with Crippen LogP contribution in [0.5, 0.6) is 0 Å². The average molecular weight is 178 g/mol. The molecule has 0 radical (unpaired) electrons. The van der Waals surface area contributed by atoms with Crippen LogP contribution in [0.25, 0.3) is 0 Å². The molecule has 1 unspecified atom stereocenters. The minimum Gasteiger partial charge on any atom is -0.478 e. The predicted molar refractivity (Wildman–Crippen MR) is 41.8 cm³/mol. The van der Waals surface area contributed by atoms with Crippen molar-refractivity contribution in [3.8, 4) is 0 Å². The molecule has 6 heteroatoms. The molecule has 13 heavy (non-hydrogen) atoms. The quantitative estimate of drug-likeness (QED) is 0.720.